The number of carbonyl (C=O) groups excluding carboxylic acids is 1. The van der Waals surface area contributed by atoms with Gasteiger partial charge in [0.15, 0.2) is 0 Å². The van der Waals surface area contributed by atoms with E-state index in [-0.39, 0.29) is 5.91 Å². The molecule has 1 fully saturated rings. The van der Waals surface area contributed by atoms with Gasteiger partial charge >= 0.3 is 0 Å². The van der Waals surface area contributed by atoms with E-state index in [4.69, 9.17) is 0 Å². The molecule has 1 atom stereocenters. The van der Waals surface area contributed by atoms with Crippen molar-refractivity contribution in [3.63, 3.8) is 0 Å². The van der Waals surface area contributed by atoms with Crippen molar-refractivity contribution < 1.29 is 13.2 Å². The zero-order valence-electron chi connectivity index (χ0n) is 17.6. The number of fused-ring (bicyclic) bond motifs is 1. The van der Waals surface area contributed by atoms with Crippen LogP contribution in [0.3, 0.4) is 0 Å². The lowest BCUT2D eigenvalue weighted by atomic mass is 10.0. The molecule has 2 aromatic rings. The van der Waals surface area contributed by atoms with Crippen molar-refractivity contribution in [2.45, 2.75) is 44.9 Å². The SMILES string of the molecule is Cc1c(S(=O)(=O)N2CCCC(C)C2)c(C)n(C)c1C(=O)N1CCc2ccccc21. The van der Waals surface area contributed by atoms with Crippen molar-refractivity contribution >= 4 is 21.6 Å². The number of hydrogen-bond acceptors (Lipinski definition) is 3. The number of piperidine rings is 1. The molecule has 0 radical (unpaired) electrons. The zero-order chi connectivity index (χ0) is 20.9. The number of carbonyl (C=O) groups is 1. The number of aromatic nitrogens is 1. The van der Waals surface area contributed by atoms with E-state index in [1.807, 2.05) is 24.3 Å². The van der Waals surface area contributed by atoms with E-state index in [0.29, 0.717) is 47.4 Å². The highest BCUT2D eigenvalue weighted by atomic mass is 32.2. The molecule has 0 aliphatic carbocycles. The van der Waals surface area contributed by atoms with Crippen LogP contribution in [0.1, 0.15) is 47.1 Å². The molecule has 0 saturated carbocycles. The van der Waals surface area contributed by atoms with Crippen LogP contribution in [0.5, 0.6) is 0 Å². The third-order valence-corrected chi connectivity index (χ3v) is 8.54. The molecule has 29 heavy (non-hydrogen) atoms. The van der Waals surface area contributed by atoms with Crippen LogP contribution in [0, 0.1) is 19.8 Å². The third kappa shape index (κ3) is 3.20. The monoisotopic (exact) mass is 415 g/mol. The standard InChI is InChI=1S/C22H29N3O3S/c1-15-8-7-12-24(14-15)29(27,28)21-16(2)20(23(4)17(21)3)22(26)25-13-11-18-9-5-6-10-19(18)25/h5-6,9-10,15H,7-8,11-14H2,1-4H3. The lowest BCUT2D eigenvalue weighted by Crippen LogP contribution is -2.39. The zero-order valence-corrected chi connectivity index (χ0v) is 18.4. The molecule has 3 heterocycles. The molecule has 0 spiro atoms. The number of sulfonamides is 1. The summed E-state index contributed by atoms with van der Waals surface area (Å²) in [5.74, 6) is 0.219. The molecule has 1 unspecified atom stereocenters. The van der Waals surface area contributed by atoms with Gasteiger partial charge in [-0.2, -0.15) is 4.31 Å². The highest BCUT2D eigenvalue weighted by molar-refractivity contribution is 7.89. The average Bonchev–Trinajstić information content (AvgIpc) is 3.21. The van der Waals surface area contributed by atoms with Crippen molar-refractivity contribution in [1.82, 2.24) is 8.87 Å². The summed E-state index contributed by atoms with van der Waals surface area (Å²) in [6, 6.07) is 7.91. The van der Waals surface area contributed by atoms with Gasteiger partial charge in [-0.15, -0.1) is 0 Å². The normalized spacial score (nSPS) is 20.1. The van der Waals surface area contributed by atoms with Gasteiger partial charge in [0.25, 0.3) is 5.91 Å². The summed E-state index contributed by atoms with van der Waals surface area (Å²) < 4.78 is 30.3. The molecule has 0 bridgehead atoms. The molecule has 4 rings (SSSR count). The Morgan fingerprint density at radius 3 is 2.59 bits per heavy atom. The Bertz CT molecular complexity index is 1070. The summed E-state index contributed by atoms with van der Waals surface area (Å²) in [4.78, 5) is 15.5. The molecule has 2 aliphatic rings. The van der Waals surface area contributed by atoms with Crippen molar-refractivity contribution in [2.75, 3.05) is 24.5 Å². The summed E-state index contributed by atoms with van der Waals surface area (Å²) in [6.45, 7) is 7.35. The van der Waals surface area contributed by atoms with Gasteiger partial charge in [0.1, 0.15) is 10.6 Å². The number of nitrogens with zero attached hydrogens (tertiary/aromatic N) is 3. The number of amides is 1. The van der Waals surface area contributed by atoms with Gasteiger partial charge in [-0.1, -0.05) is 25.1 Å². The topological polar surface area (TPSA) is 62.6 Å². The second kappa shape index (κ2) is 7.29. The van der Waals surface area contributed by atoms with Crippen LogP contribution in [0.2, 0.25) is 0 Å². The van der Waals surface area contributed by atoms with Gasteiger partial charge in [-0.05, 0) is 50.7 Å². The van der Waals surface area contributed by atoms with Gasteiger partial charge in [-0.3, -0.25) is 4.79 Å². The maximum absolute atomic E-state index is 13.5. The van der Waals surface area contributed by atoms with E-state index >= 15 is 0 Å². The highest BCUT2D eigenvalue weighted by Crippen LogP contribution is 2.34. The third-order valence-electron chi connectivity index (χ3n) is 6.42. The van der Waals surface area contributed by atoms with Gasteiger partial charge in [-0.25, -0.2) is 8.42 Å². The molecular formula is C22H29N3O3S. The first-order valence-electron chi connectivity index (χ1n) is 10.3. The van der Waals surface area contributed by atoms with Gasteiger partial charge < -0.3 is 9.47 Å². The van der Waals surface area contributed by atoms with Crippen molar-refractivity contribution in [3.8, 4) is 0 Å². The summed E-state index contributed by atoms with van der Waals surface area (Å²) in [5, 5.41) is 0. The van der Waals surface area contributed by atoms with E-state index in [0.717, 1.165) is 30.5 Å². The maximum atomic E-state index is 13.5. The lowest BCUT2D eigenvalue weighted by Gasteiger charge is -2.30. The molecule has 7 heteroatoms. The van der Waals surface area contributed by atoms with Crippen LogP contribution in [0.15, 0.2) is 29.2 Å². The Morgan fingerprint density at radius 2 is 1.86 bits per heavy atom. The van der Waals surface area contributed by atoms with E-state index in [1.54, 1.807) is 34.7 Å². The smallest absolute Gasteiger partial charge is 0.275 e. The lowest BCUT2D eigenvalue weighted by molar-refractivity contribution is 0.0980. The molecule has 6 nitrogen and oxygen atoms in total. The summed E-state index contributed by atoms with van der Waals surface area (Å²) in [6.07, 6.45) is 2.75. The van der Waals surface area contributed by atoms with Crippen molar-refractivity contribution in [1.29, 1.82) is 0 Å². The molecule has 0 N–H and O–H groups in total. The van der Waals surface area contributed by atoms with Crippen molar-refractivity contribution in [2.24, 2.45) is 13.0 Å². The second-order valence-electron chi connectivity index (χ2n) is 8.39. The van der Waals surface area contributed by atoms with E-state index in [9.17, 15) is 13.2 Å². The highest BCUT2D eigenvalue weighted by Gasteiger charge is 2.37. The van der Waals surface area contributed by atoms with E-state index in [2.05, 4.69) is 6.92 Å². The average molecular weight is 416 g/mol. The van der Waals surface area contributed by atoms with Crippen LogP contribution in [-0.4, -0.2) is 42.8 Å². The summed E-state index contributed by atoms with van der Waals surface area (Å²) in [5.41, 5.74) is 3.71. The molecule has 156 valence electrons. The first-order valence-corrected chi connectivity index (χ1v) is 11.7. The predicted octanol–water partition coefficient (Wildman–Crippen LogP) is 3.27. The Hall–Kier alpha value is -2.12. The minimum Gasteiger partial charge on any atom is -0.342 e. The number of rotatable bonds is 3. The Kier molecular flexibility index (Phi) is 5.07. The Labute approximate surface area is 173 Å². The number of hydrogen-bond donors (Lipinski definition) is 0. The van der Waals surface area contributed by atoms with Crippen LogP contribution in [0.25, 0.3) is 0 Å². The van der Waals surface area contributed by atoms with Crippen LogP contribution >= 0.6 is 0 Å². The maximum Gasteiger partial charge on any atom is 0.275 e. The number of benzene rings is 1. The fourth-order valence-corrected chi connectivity index (χ4v) is 6.88. The minimum absolute atomic E-state index is 0.133. The molecule has 1 saturated heterocycles. The number of anilines is 1. The van der Waals surface area contributed by atoms with E-state index < -0.39 is 10.0 Å². The molecule has 1 aromatic carbocycles. The summed E-state index contributed by atoms with van der Waals surface area (Å²) >= 11 is 0. The van der Waals surface area contributed by atoms with Crippen LogP contribution < -0.4 is 4.90 Å². The fraction of sp³-hybridized carbons (Fsp3) is 0.500. The largest absolute Gasteiger partial charge is 0.342 e. The minimum atomic E-state index is -3.63. The number of para-hydroxylation sites is 1. The first-order chi connectivity index (χ1) is 13.7. The quantitative estimate of drug-likeness (QED) is 0.773. The molecule has 1 aromatic heterocycles. The van der Waals surface area contributed by atoms with Gasteiger partial charge in [0.2, 0.25) is 10.0 Å². The molecule has 2 aliphatic heterocycles. The van der Waals surface area contributed by atoms with Crippen LogP contribution in [-0.2, 0) is 23.5 Å². The van der Waals surface area contributed by atoms with Gasteiger partial charge in [0.05, 0.1) is 0 Å². The summed E-state index contributed by atoms with van der Waals surface area (Å²) in [7, 11) is -1.85. The molecule has 1 amide bonds. The first kappa shape index (κ1) is 20.2. The predicted molar refractivity (Wildman–Crippen MR) is 114 cm³/mol. The van der Waals surface area contributed by atoms with Crippen LogP contribution in [0.4, 0.5) is 5.69 Å². The second-order valence-corrected chi connectivity index (χ2v) is 10.3. The Balaban J connectivity index is 1.75. The Morgan fingerprint density at radius 1 is 1.14 bits per heavy atom. The molecular weight excluding hydrogens is 386 g/mol. The van der Waals surface area contributed by atoms with Gasteiger partial charge in [0, 0.05) is 43.6 Å². The van der Waals surface area contributed by atoms with Crippen molar-refractivity contribution in [3.05, 3.63) is 46.8 Å². The fourth-order valence-electron chi connectivity index (χ4n) is 4.81. The van der Waals surface area contributed by atoms with E-state index in [1.165, 1.54) is 0 Å².